The number of nitrogens with one attached hydrogen (secondary N) is 1. The number of carbonyl (C=O) groups excluding carboxylic acids is 2. The second kappa shape index (κ2) is 6.38. The van der Waals surface area contributed by atoms with Crippen LogP contribution >= 0.6 is 11.6 Å². The van der Waals surface area contributed by atoms with Gasteiger partial charge < -0.3 is 5.32 Å². The minimum absolute atomic E-state index is 0.105. The van der Waals surface area contributed by atoms with Gasteiger partial charge in [0.15, 0.2) is 0 Å². The molecule has 4 nitrogen and oxygen atoms in total. The lowest BCUT2D eigenvalue weighted by atomic mass is 10.2. The van der Waals surface area contributed by atoms with Crippen molar-refractivity contribution in [3.05, 3.63) is 59.4 Å². The van der Waals surface area contributed by atoms with Crippen LogP contribution in [0.3, 0.4) is 0 Å². The average Bonchev–Trinajstić information content (AvgIpc) is 2.92. The molecule has 1 aliphatic rings. The molecule has 0 aromatic heterocycles. The SMILES string of the molecule is O=C(Nc1ccc(F)cc1)C1CCC(=O)N1c1ccc(Cl)cc1. The number of rotatable bonds is 3. The molecule has 1 N–H and O–H groups in total. The molecule has 2 aromatic rings. The molecular weight excluding hydrogens is 319 g/mol. The molecule has 3 rings (SSSR count). The number of carbonyl (C=O) groups is 2. The highest BCUT2D eigenvalue weighted by Gasteiger charge is 2.37. The van der Waals surface area contributed by atoms with E-state index >= 15 is 0 Å². The molecule has 0 radical (unpaired) electrons. The molecule has 6 heteroatoms. The van der Waals surface area contributed by atoms with Crippen LogP contribution in [0.4, 0.5) is 15.8 Å². The summed E-state index contributed by atoms with van der Waals surface area (Å²) in [6, 6.07) is 11.7. The zero-order valence-electron chi connectivity index (χ0n) is 12.1. The number of amides is 2. The minimum Gasteiger partial charge on any atom is -0.324 e. The molecule has 2 amide bonds. The maximum absolute atomic E-state index is 12.9. The van der Waals surface area contributed by atoms with Gasteiger partial charge in [0.05, 0.1) is 0 Å². The van der Waals surface area contributed by atoms with Gasteiger partial charge in [-0.1, -0.05) is 11.6 Å². The Labute approximate surface area is 137 Å². The minimum atomic E-state index is -0.589. The number of benzene rings is 2. The molecule has 1 atom stereocenters. The molecule has 1 aliphatic heterocycles. The summed E-state index contributed by atoms with van der Waals surface area (Å²) >= 11 is 5.86. The summed E-state index contributed by atoms with van der Waals surface area (Å²) in [7, 11) is 0. The van der Waals surface area contributed by atoms with Crippen molar-refractivity contribution in [2.45, 2.75) is 18.9 Å². The van der Waals surface area contributed by atoms with Gasteiger partial charge in [-0.15, -0.1) is 0 Å². The highest BCUT2D eigenvalue weighted by Crippen LogP contribution is 2.28. The maximum atomic E-state index is 12.9. The predicted molar refractivity (Wildman–Crippen MR) is 87.0 cm³/mol. The second-order valence-corrected chi connectivity index (χ2v) is 5.73. The Balaban J connectivity index is 1.79. The molecule has 1 saturated heterocycles. The molecule has 1 fully saturated rings. The summed E-state index contributed by atoms with van der Waals surface area (Å²) < 4.78 is 12.9. The first-order valence-corrected chi connectivity index (χ1v) is 7.56. The van der Waals surface area contributed by atoms with Crippen LogP contribution in [-0.2, 0) is 9.59 Å². The van der Waals surface area contributed by atoms with Crippen molar-refractivity contribution >= 4 is 34.8 Å². The van der Waals surface area contributed by atoms with Gasteiger partial charge in [0.1, 0.15) is 11.9 Å². The van der Waals surface area contributed by atoms with Crippen LogP contribution in [-0.4, -0.2) is 17.9 Å². The van der Waals surface area contributed by atoms with E-state index < -0.39 is 6.04 Å². The lowest BCUT2D eigenvalue weighted by Crippen LogP contribution is -2.41. The summed E-state index contributed by atoms with van der Waals surface area (Å²) in [5.41, 5.74) is 1.13. The van der Waals surface area contributed by atoms with E-state index in [1.807, 2.05) is 0 Å². The van der Waals surface area contributed by atoms with Crippen LogP contribution in [0, 0.1) is 5.82 Å². The second-order valence-electron chi connectivity index (χ2n) is 5.29. The first kappa shape index (κ1) is 15.5. The highest BCUT2D eigenvalue weighted by molar-refractivity contribution is 6.30. The van der Waals surface area contributed by atoms with E-state index in [9.17, 15) is 14.0 Å². The fourth-order valence-corrected chi connectivity index (χ4v) is 2.74. The van der Waals surface area contributed by atoms with E-state index in [0.717, 1.165) is 0 Å². The van der Waals surface area contributed by atoms with Gasteiger partial charge in [-0.2, -0.15) is 0 Å². The van der Waals surface area contributed by atoms with Crippen LogP contribution in [0.5, 0.6) is 0 Å². The average molecular weight is 333 g/mol. The van der Waals surface area contributed by atoms with Crippen LogP contribution in [0.2, 0.25) is 5.02 Å². The Kier molecular flexibility index (Phi) is 4.30. The van der Waals surface area contributed by atoms with Crippen LogP contribution in [0.1, 0.15) is 12.8 Å². The smallest absolute Gasteiger partial charge is 0.247 e. The first-order valence-electron chi connectivity index (χ1n) is 7.18. The van der Waals surface area contributed by atoms with Crippen LogP contribution < -0.4 is 10.2 Å². The van der Waals surface area contributed by atoms with E-state index in [-0.39, 0.29) is 17.6 Å². The normalized spacial score (nSPS) is 17.4. The summed E-state index contributed by atoms with van der Waals surface area (Å²) in [6.07, 6.45) is 0.749. The van der Waals surface area contributed by atoms with E-state index in [2.05, 4.69) is 5.32 Å². The number of hydrogen-bond donors (Lipinski definition) is 1. The monoisotopic (exact) mass is 332 g/mol. The summed E-state index contributed by atoms with van der Waals surface area (Å²) in [6.45, 7) is 0. The standard InChI is InChI=1S/C17H14ClFN2O2/c18-11-1-7-14(8-2-11)21-15(9-10-16(21)22)17(23)20-13-5-3-12(19)4-6-13/h1-8,15H,9-10H2,(H,20,23). The molecule has 118 valence electrons. The fourth-order valence-electron chi connectivity index (χ4n) is 2.62. The maximum Gasteiger partial charge on any atom is 0.247 e. The van der Waals surface area contributed by atoms with E-state index in [1.165, 1.54) is 29.2 Å². The van der Waals surface area contributed by atoms with E-state index in [1.54, 1.807) is 24.3 Å². The Morgan fingerprint density at radius 3 is 2.43 bits per heavy atom. The van der Waals surface area contributed by atoms with Gasteiger partial charge in [-0.3, -0.25) is 14.5 Å². The van der Waals surface area contributed by atoms with Gasteiger partial charge in [-0.05, 0) is 55.0 Å². The van der Waals surface area contributed by atoms with Crippen molar-refractivity contribution in [2.75, 3.05) is 10.2 Å². The summed E-state index contributed by atoms with van der Waals surface area (Å²) in [5.74, 6) is -0.772. The van der Waals surface area contributed by atoms with Crippen molar-refractivity contribution < 1.29 is 14.0 Å². The third-order valence-corrected chi connectivity index (χ3v) is 3.98. The molecule has 23 heavy (non-hydrogen) atoms. The summed E-state index contributed by atoms with van der Waals surface area (Å²) in [4.78, 5) is 26.1. The number of nitrogens with zero attached hydrogens (tertiary/aromatic N) is 1. The van der Waals surface area contributed by atoms with Crippen molar-refractivity contribution in [1.29, 1.82) is 0 Å². The molecule has 0 bridgehead atoms. The van der Waals surface area contributed by atoms with Crippen molar-refractivity contribution in [1.82, 2.24) is 0 Å². The largest absolute Gasteiger partial charge is 0.324 e. The Hall–Kier alpha value is -2.40. The first-order chi connectivity index (χ1) is 11.0. The lowest BCUT2D eigenvalue weighted by Gasteiger charge is -2.24. The van der Waals surface area contributed by atoms with E-state index in [0.29, 0.717) is 29.2 Å². The predicted octanol–water partition coefficient (Wildman–Crippen LogP) is 3.61. The fraction of sp³-hybridized carbons (Fsp3) is 0.176. The zero-order valence-corrected chi connectivity index (χ0v) is 12.9. The third-order valence-electron chi connectivity index (χ3n) is 3.73. The van der Waals surface area contributed by atoms with Gasteiger partial charge in [0.25, 0.3) is 0 Å². The quantitative estimate of drug-likeness (QED) is 0.933. The molecular formula is C17H14ClFN2O2. The highest BCUT2D eigenvalue weighted by atomic mass is 35.5. The number of hydrogen-bond acceptors (Lipinski definition) is 2. The number of halogens is 2. The Bertz CT molecular complexity index is 731. The molecule has 1 unspecified atom stereocenters. The van der Waals surface area contributed by atoms with Gasteiger partial charge in [0, 0.05) is 22.8 Å². The van der Waals surface area contributed by atoms with Crippen LogP contribution in [0.15, 0.2) is 48.5 Å². The molecule has 2 aromatic carbocycles. The lowest BCUT2D eigenvalue weighted by molar-refractivity contribution is -0.120. The molecule has 1 heterocycles. The van der Waals surface area contributed by atoms with Crippen LogP contribution in [0.25, 0.3) is 0 Å². The summed E-state index contributed by atoms with van der Waals surface area (Å²) in [5, 5.41) is 3.28. The zero-order chi connectivity index (χ0) is 16.4. The van der Waals surface area contributed by atoms with Crippen molar-refractivity contribution in [2.24, 2.45) is 0 Å². The third kappa shape index (κ3) is 3.35. The topological polar surface area (TPSA) is 49.4 Å². The molecule has 0 spiro atoms. The van der Waals surface area contributed by atoms with Gasteiger partial charge in [0.2, 0.25) is 11.8 Å². The van der Waals surface area contributed by atoms with Crippen molar-refractivity contribution in [3.8, 4) is 0 Å². The van der Waals surface area contributed by atoms with E-state index in [4.69, 9.17) is 11.6 Å². The number of anilines is 2. The van der Waals surface area contributed by atoms with Gasteiger partial charge >= 0.3 is 0 Å². The molecule has 0 aliphatic carbocycles. The Morgan fingerprint density at radius 2 is 1.78 bits per heavy atom. The Morgan fingerprint density at radius 1 is 1.13 bits per heavy atom. The molecule has 0 saturated carbocycles. The van der Waals surface area contributed by atoms with Crippen molar-refractivity contribution in [3.63, 3.8) is 0 Å². The van der Waals surface area contributed by atoms with Gasteiger partial charge in [-0.25, -0.2) is 4.39 Å².